The van der Waals surface area contributed by atoms with Crippen LogP contribution in [0.2, 0.25) is 0 Å². The number of nitrogens with zero attached hydrogens (tertiary/aromatic N) is 5. The molecule has 2 aliphatic rings. The fraction of sp³-hybridized carbons (Fsp3) is 0.615. The van der Waals surface area contributed by atoms with E-state index in [4.69, 9.17) is 0 Å². The van der Waals surface area contributed by atoms with Crippen LogP contribution < -0.4 is 4.90 Å². The van der Waals surface area contributed by atoms with Crippen LogP contribution in [0.1, 0.15) is 5.56 Å². The molecule has 102 valence electrons. The van der Waals surface area contributed by atoms with Crippen LogP contribution in [-0.2, 0) is 4.79 Å². The summed E-state index contributed by atoms with van der Waals surface area (Å²) in [4.78, 5) is 27.1. The molecule has 0 radical (unpaired) electrons. The van der Waals surface area contributed by atoms with E-state index in [0.717, 1.165) is 37.7 Å². The molecule has 1 atom stereocenters. The summed E-state index contributed by atoms with van der Waals surface area (Å²) in [6, 6.07) is -0.0441. The van der Waals surface area contributed by atoms with E-state index in [0.29, 0.717) is 6.54 Å². The normalized spacial score (nSPS) is 24.5. The highest BCUT2D eigenvalue weighted by molar-refractivity contribution is 5.83. The molecule has 2 aliphatic heterocycles. The number of carbonyl (C=O) groups is 1. The molecule has 0 spiro atoms. The molecule has 0 N–H and O–H groups in total. The number of carbonyl (C=O) groups excluding carboxylic acids is 1. The van der Waals surface area contributed by atoms with Crippen LogP contribution >= 0.6 is 0 Å². The van der Waals surface area contributed by atoms with Crippen LogP contribution in [-0.4, -0.2) is 71.5 Å². The van der Waals surface area contributed by atoms with Gasteiger partial charge in [-0.3, -0.25) is 9.69 Å². The zero-order valence-electron chi connectivity index (χ0n) is 11.4. The van der Waals surface area contributed by atoms with Gasteiger partial charge in [0.15, 0.2) is 0 Å². The number of likely N-dealkylation sites (N-methyl/N-ethyl adjacent to an activating group) is 1. The van der Waals surface area contributed by atoms with Gasteiger partial charge in [0, 0.05) is 52.2 Å². The van der Waals surface area contributed by atoms with Crippen molar-refractivity contribution < 1.29 is 4.79 Å². The SMILES string of the molecule is Cc1cnc(N2CCN3CCN(C)C(=O)[C@H]3C2)nc1. The molecule has 0 bridgehead atoms. The third-order valence-corrected chi connectivity index (χ3v) is 3.93. The van der Waals surface area contributed by atoms with Crippen molar-refractivity contribution in [3.8, 4) is 0 Å². The summed E-state index contributed by atoms with van der Waals surface area (Å²) in [6.07, 6.45) is 3.65. The number of rotatable bonds is 1. The minimum atomic E-state index is -0.0441. The average molecular weight is 261 g/mol. The maximum absolute atomic E-state index is 12.2. The minimum Gasteiger partial charge on any atom is -0.343 e. The lowest BCUT2D eigenvalue weighted by Gasteiger charge is -2.45. The van der Waals surface area contributed by atoms with Gasteiger partial charge in [-0.15, -0.1) is 0 Å². The van der Waals surface area contributed by atoms with Gasteiger partial charge in [-0.25, -0.2) is 9.97 Å². The highest BCUT2D eigenvalue weighted by Crippen LogP contribution is 2.19. The van der Waals surface area contributed by atoms with Crippen molar-refractivity contribution in [3.05, 3.63) is 18.0 Å². The molecule has 0 aliphatic carbocycles. The lowest BCUT2D eigenvalue weighted by atomic mass is 10.1. The van der Waals surface area contributed by atoms with E-state index in [1.807, 2.05) is 31.3 Å². The number of piperazine rings is 2. The van der Waals surface area contributed by atoms with E-state index in [1.165, 1.54) is 0 Å². The van der Waals surface area contributed by atoms with E-state index in [2.05, 4.69) is 19.8 Å². The van der Waals surface area contributed by atoms with Gasteiger partial charge in [-0.1, -0.05) is 0 Å². The van der Waals surface area contributed by atoms with Crippen LogP contribution in [0.4, 0.5) is 5.95 Å². The molecule has 6 heteroatoms. The Morgan fingerprint density at radius 2 is 1.84 bits per heavy atom. The second-order valence-corrected chi connectivity index (χ2v) is 5.32. The molecule has 0 aromatic carbocycles. The molecule has 19 heavy (non-hydrogen) atoms. The molecule has 1 aromatic heterocycles. The van der Waals surface area contributed by atoms with E-state index in [1.54, 1.807) is 0 Å². The number of hydrogen-bond donors (Lipinski definition) is 0. The third-order valence-electron chi connectivity index (χ3n) is 3.93. The van der Waals surface area contributed by atoms with Gasteiger partial charge in [-0.2, -0.15) is 0 Å². The van der Waals surface area contributed by atoms with Crippen LogP contribution in [0.25, 0.3) is 0 Å². The lowest BCUT2D eigenvalue weighted by Crippen LogP contribution is -2.64. The van der Waals surface area contributed by atoms with E-state index in [9.17, 15) is 4.79 Å². The minimum absolute atomic E-state index is 0.0441. The van der Waals surface area contributed by atoms with E-state index >= 15 is 0 Å². The van der Waals surface area contributed by atoms with Crippen molar-refractivity contribution in [2.45, 2.75) is 13.0 Å². The number of anilines is 1. The topological polar surface area (TPSA) is 52.6 Å². The summed E-state index contributed by atoms with van der Waals surface area (Å²) in [5.41, 5.74) is 1.05. The Morgan fingerprint density at radius 3 is 2.58 bits per heavy atom. The molecule has 1 aromatic rings. The zero-order valence-corrected chi connectivity index (χ0v) is 11.4. The van der Waals surface area contributed by atoms with Crippen molar-refractivity contribution >= 4 is 11.9 Å². The Balaban J connectivity index is 1.76. The summed E-state index contributed by atoms with van der Waals surface area (Å²) < 4.78 is 0. The summed E-state index contributed by atoms with van der Waals surface area (Å²) in [5, 5.41) is 0. The van der Waals surface area contributed by atoms with Gasteiger partial charge in [0.25, 0.3) is 0 Å². The Morgan fingerprint density at radius 1 is 1.16 bits per heavy atom. The van der Waals surface area contributed by atoms with Gasteiger partial charge >= 0.3 is 0 Å². The predicted octanol–water partition coefficient (Wildman–Crippen LogP) is -0.252. The second kappa shape index (κ2) is 4.77. The average Bonchev–Trinajstić information content (AvgIpc) is 2.44. The molecule has 3 rings (SSSR count). The predicted molar refractivity (Wildman–Crippen MR) is 72.0 cm³/mol. The van der Waals surface area contributed by atoms with Crippen molar-refractivity contribution in [2.24, 2.45) is 0 Å². The second-order valence-electron chi connectivity index (χ2n) is 5.32. The lowest BCUT2D eigenvalue weighted by molar-refractivity contribution is -0.140. The smallest absolute Gasteiger partial charge is 0.241 e. The van der Waals surface area contributed by atoms with Crippen molar-refractivity contribution in [3.63, 3.8) is 0 Å². The van der Waals surface area contributed by atoms with Crippen LogP contribution in [0.3, 0.4) is 0 Å². The molecule has 2 fully saturated rings. The Kier molecular flexibility index (Phi) is 3.10. The molecule has 3 heterocycles. The first-order valence-corrected chi connectivity index (χ1v) is 6.68. The highest BCUT2D eigenvalue weighted by Gasteiger charge is 2.37. The number of fused-ring (bicyclic) bond motifs is 1. The molecular formula is C13H19N5O. The fourth-order valence-corrected chi connectivity index (χ4v) is 2.70. The zero-order chi connectivity index (χ0) is 13.4. The van der Waals surface area contributed by atoms with E-state index in [-0.39, 0.29) is 11.9 Å². The summed E-state index contributed by atoms with van der Waals surface area (Å²) in [7, 11) is 1.88. The monoisotopic (exact) mass is 261 g/mol. The number of aromatic nitrogens is 2. The molecule has 1 amide bonds. The first-order valence-electron chi connectivity index (χ1n) is 6.68. The van der Waals surface area contributed by atoms with Crippen molar-refractivity contribution in [1.82, 2.24) is 19.8 Å². The van der Waals surface area contributed by atoms with Crippen LogP contribution in [0.15, 0.2) is 12.4 Å². The highest BCUT2D eigenvalue weighted by atomic mass is 16.2. The Labute approximate surface area is 113 Å². The molecule has 2 saturated heterocycles. The Hall–Kier alpha value is -1.69. The Bertz CT molecular complexity index is 474. The number of hydrogen-bond acceptors (Lipinski definition) is 5. The van der Waals surface area contributed by atoms with Crippen molar-refractivity contribution in [2.75, 3.05) is 44.7 Å². The summed E-state index contributed by atoms with van der Waals surface area (Å²) in [5.74, 6) is 0.939. The largest absolute Gasteiger partial charge is 0.343 e. The summed E-state index contributed by atoms with van der Waals surface area (Å²) >= 11 is 0. The fourth-order valence-electron chi connectivity index (χ4n) is 2.70. The van der Waals surface area contributed by atoms with Gasteiger partial charge in [0.1, 0.15) is 6.04 Å². The van der Waals surface area contributed by atoms with Gasteiger partial charge < -0.3 is 9.80 Å². The van der Waals surface area contributed by atoms with Crippen LogP contribution in [0, 0.1) is 6.92 Å². The number of amides is 1. The van der Waals surface area contributed by atoms with Gasteiger partial charge in [-0.05, 0) is 12.5 Å². The van der Waals surface area contributed by atoms with E-state index < -0.39 is 0 Å². The quantitative estimate of drug-likeness (QED) is 0.697. The van der Waals surface area contributed by atoms with Crippen molar-refractivity contribution in [1.29, 1.82) is 0 Å². The molecular weight excluding hydrogens is 242 g/mol. The maximum Gasteiger partial charge on any atom is 0.241 e. The first kappa shape index (κ1) is 12.3. The molecule has 0 unspecified atom stereocenters. The summed E-state index contributed by atoms with van der Waals surface area (Å²) in [6.45, 7) is 6.25. The van der Waals surface area contributed by atoms with Gasteiger partial charge in [0.2, 0.25) is 11.9 Å². The standard InChI is InChI=1S/C13H19N5O/c1-10-7-14-13(15-8-10)18-6-5-17-4-3-16(2)12(19)11(17)9-18/h7-8,11H,3-6,9H2,1-2H3/t11-/m1/s1. The van der Waals surface area contributed by atoms with Crippen LogP contribution in [0.5, 0.6) is 0 Å². The number of aryl methyl sites for hydroxylation is 1. The first-order chi connectivity index (χ1) is 9.15. The molecule has 6 nitrogen and oxygen atoms in total. The van der Waals surface area contributed by atoms with Gasteiger partial charge in [0.05, 0.1) is 0 Å². The maximum atomic E-state index is 12.2. The third kappa shape index (κ3) is 2.28. The molecule has 0 saturated carbocycles.